The van der Waals surface area contributed by atoms with Gasteiger partial charge in [-0.2, -0.15) is 0 Å². The fourth-order valence-electron chi connectivity index (χ4n) is 2.17. The number of benzene rings is 1. The minimum absolute atomic E-state index is 0.630. The molecule has 3 rings (SSSR count). The highest BCUT2D eigenvalue weighted by atomic mass is 15.3. The quantitative estimate of drug-likeness (QED) is 0.550. The Kier molecular flexibility index (Phi) is 3.04. The van der Waals surface area contributed by atoms with E-state index in [4.69, 9.17) is 5.84 Å². The first-order chi connectivity index (χ1) is 9.70. The number of aryl methyl sites for hydroxylation is 1. The van der Waals surface area contributed by atoms with E-state index in [1.54, 1.807) is 6.20 Å². The second kappa shape index (κ2) is 4.86. The van der Waals surface area contributed by atoms with Crippen molar-refractivity contribution >= 4 is 16.7 Å². The minimum atomic E-state index is 0.630. The number of nitrogens with two attached hydrogens (primary N) is 1. The van der Waals surface area contributed by atoms with Crippen LogP contribution in [0, 0.1) is 13.8 Å². The van der Waals surface area contributed by atoms with Gasteiger partial charge in [-0.3, -0.25) is 4.98 Å². The molecule has 0 aliphatic carbocycles. The van der Waals surface area contributed by atoms with Gasteiger partial charge in [0.1, 0.15) is 5.82 Å². The van der Waals surface area contributed by atoms with Crippen LogP contribution in [0.25, 0.3) is 22.3 Å². The molecule has 1 aromatic carbocycles. The molecule has 100 valence electrons. The van der Waals surface area contributed by atoms with Crippen LogP contribution in [0.4, 0.5) is 5.82 Å². The number of anilines is 1. The summed E-state index contributed by atoms with van der Waals surface area (Å²) in [4.78, 5) is 13.5. The van der Waals surface area contributed by atoms with E-state index in [9.17, 15) is 0 Å². The molecule has 3 aromatic rings. The summed E-state index contributed by atoms with van der Waals surface area (Å²) in [6.07, 6.45) is 1.77. The van der Waals surface area contributed by atoms with Gasteiger partial charge in [0.2, 0.25) is 0 Å². The summed E-state index contributed by atoms with van der Waals surface area (Å²) in [5, 5.41) is 1.06. The van der Waals surface area contributed by atoms with E-state index in [0.717, 1.165) is 27.7 Å². The molecule has 5 nitrogen and oxygen atoms in total. The second-order valence-electron chi connectivity index (χ2n) is 4.63. The average molecular weight is 265 g/mol. The zero-order valence-electron chi connectivity index (χ0n) is 11.4. The first-order valence-corrected chi connectivity index (χ1v) is 6.36. The van der Waals surface area contributed by atoms with Crippen LogP contribution in [0.1, 0.15) is 11.3 Å². The average Bonchev–Trinajstić information content (AvgIpc) is 2.49. The van der Waals surface area contributed by atoms with Crippen LogP contribution in [0.3, 0.4) is 0 Å². The third-order valence-electron chi connectivity index (χ3n) is 3.40. The topological polar surface area (TPSA) is 76.7 Å². The minimum Gasteiger partial charge on any atom is -0.308 e. The maximum Gasteiger partial charge on any atom is 0.164 e. The molecule has 0 atom stereocenters. The highest BCUT2D eigenvalue weighted by Crippen LogP contribution is 2.26. The number of hydrogen-bond donors (Lipinski definition) is 2. The molecular formula is C15H15N5. The van der Waals surface area contributed by atoms with Crippen molar-refractivity contribution in [3.8, 4) is 11.4 Å². The number of rotatable bonds is 2. The molecular weight excluding hydrogens is 250 g/mol. The van der Waals surface area contributed by atoms with Crippen molar-refractivity contribution in [1.82, 2.24) is 15.0 Å². The molecule has 0 aliphatic heterocycles. The molecule has 0 saturated carbocycles. The number of pyridine rings is 1. The molecule has 0 saturated heterocycles. The first-order valence-electron chi connectivity index (χ1n) is 6.36. The molecule has 3 N–H and O–H groups in total. The van der Waals surface area contributed by atoms with Crippen molar-refractivity contribution in [3.63, 3.8) is 0 Å². The maximum absolute atomic E-state index is 5.52. The molecule has 5 heteroatoms. The van der Waals surface area contributed by atoms with E-state index in [1.165, 1.54) is 0 Å². The molecule has 20 heavy (non-hydrogen) atoms. The molecule has 0 unspecified atom stereocenters. The second-order valence-corrected chi connectivity index (χ2v) is 4.63. The van der Waals surface area contributed by atoms with Crippen LogP contribution in [0.5, 0.6) is 0 Å². The number of nitrogens with one attached hydrogen (secondary N) is 1. The molecule has 0 amide bonds. The number of hydrazine groups is 1. The first kappa shape index (κ1) is 12.5. The van der Waals surface area contributed by atoms with Gasteiger partial charge in [0.15, 0.2) is 5.82 Å². The van der Waals surface area contributed by atoms with Gasteiger partial charge in [0, 0.05) is 28.4 Å². The van der Waals surface area contributed by atoms with E-state index in [1.807, 2.05) is 44.2 Å². The number of fused-ring (bicyclic) bond motifs is 1. The molecule has 0 fully saturated rings. The number of para-hydroxylation sites is 1. The van der Waals surface area contributed by atoms with Crippen molar-refractivity contribution in [2.24, 2.45) is 5.84 Å². The Labute approximate surface area is 116 Å². The predicted molar refractivity (Wildman–Crippen MR) is 80.1 cm³/mol. The van der Waals surface area contributed by atoms with Crippen LogP contribution in [0.15, 0.2) is 36.5 Å². The fourth-order valence-corrected chi connectivity index (χ4v) is 2.17. The lowest BCUT2D eigenvalue weighted by Gasteiger charge is -2.10. The maximum atomic E-state index is 5.52. The van der Waals surface area contributed by atoms with E-state index >= 15 is 0 Å². The lowest BCUT2D eigenvalue weighted by Crippen LogP contribution is -2.12. The third-order valence-corrected chi connectivity index (χ3v) is 3.40. The van der Waals surface area contributed by atoms with Gasteiger partial charge in [-0.05, 0) is 26.0 Å². The molecule has 2 heterocycles. The van der Waals surface area contributed by atoms with Gasteiger partial charge in [0.25, 0.3) is 0 Å². The van der Waals surface area contributed by atoms with Gasteiger partial charge in [0.05, 0.1) is 5.52 Å². The normalized spacial score (nSPS) is 10.8. The zero-order chi connectivity index (χ0) is 14.1. The summed E-state index contributed by atoms with van der Waals surface area (Å²) < 4.78 is 0. The Morgan fingerprint density at radius 2 is 1.85 bits per heavy atom. The highest BCUT2D eigenvalue weighted by molar-refractivity contribution is 5.91. The Morgan fingerprint density at radius 3 is 2.65 bits per heavy atom. The van der Waals surface area contributed by atoms with Gasteiger partial charge in [-0.1, -0.05) is 18.2 Å². The lowest BCUT2D eigenvalue weighted by molar-refractivity contribution is 1.06. The molecule has 2 aromatic heterocycles. The number of nitrogen functional groups attached to an aromatic ring is 1. The van der Waals surface area contributed by atoms with Crippen molar-refractivity contribution in [2.45, 2.75) is 13.8 Å². The Bertz CT molecular complexity index is 777. The smallest absolute Gasteiger partial charge is 0.164 e. The van der Waals surface area contributed by atoms with E-state index in [0.29, 0.717) is 11.6 Å². The summed E-state index contributed by atoms with van der Waals surface area (Å²) in [7, 11) is 0. The van der Waals surface area contributed by atoms with E-state index in [-0.39, 0.29) is 0 Å². The number of hydrogen-bond acceptors (Lipinski definition) is 5. The van der Waals surface area contributed by atoms with Crippen LogP contribution in [0.2, 0.25) is 0 Å². The Balaban J connectivity index is 2.28. The van der Waals surface area contributed by atoms with Crippen LogP contribution >= 0.6 is 0 Å². The van der Waals surface area contributed by atoms with E-state index < -0.39 is 0 Å². The van der Waals surface area contributed by atoms with Gasteiger partial charge >= 0.3 is 0 Å². The number of nitrogens with zero attached hydrogens (tertiary/aromatic N) is 3. The zero-order valence-corrected chi connectivity index (χ0v) is 11.4. The Hall–Kier alpha value is -2.53. The fraction of sp³-hybridized carbons (Fsp3) is 0.133. The van der Waals surface area contributed by atoms with Crippen molar-refractivity contribution in [3.05, 3.63) is 47.8 Å². The van der Waals surface area contributed by atoms with Gasteiger partial charge < -0.3 is 5.43 Å². The monoisotopic (exact) mass is 265 g/mol. The molecule has 0 radical (unpaired) electrons. The van der Waals surface area contributed by atoms with Crippen LogP contribution in [-0.2, 0) is 0 Å². The van der Waals surface area contributed by atoms with Gasteiger partial charge in [-0.25, -0.2) is 15.8 Å². The predicted octanol–water partition coefficient (Wildman–Crippen LogP) is 2.59. The largest absolute Gasteiger partial charge is 0.308 e. The van der Waals surface area contributed by atoms with Gasteiger partial charge in [-0.15, -0.1) is 0 Å². The summed E-state index contributed by atoms with van der Waals surface area (Å²) in [5.74, 6) is 6.79. The van der Waals surface area contributed by atoms with Crippen molar-refractivity contribution in [2.75, 3.05) is 5.43 Å². The summed E-state index contributed by atoms with van der Waals surface area (Å²) in [5.41, 5.74) is 6.27. The van der Waals surface area contributed by atoms with Crippen LogP contribution in [-0.4, -0.2) is 15.0 Å². The summed E-state index contributed by atoms with van der Waals surface area (Å²) in [6.45, 7) is 3.88. The Morgan fingerprint density at radius 1 is 1.05 bits per heavy atom. The number of aromatic nitrogens is 3. The van der Waals surface area contributed by atoms with Crippen LogP contribution < -0.4 is 11.3 Å². The molecule has 0 spiro atoms. The standard InChI is InChI=1S/C15H15N5/c1-9-10(2)18-15(19-14(9)20-16)12-7-3-5-11-6-4-8-17-13(11)12/h3-8H,16H2,1-2H3,(H,18,19,20). The lowest BCUT2D eigenvalue weighted by atomic mass is 10.1. The molecule has 0 aliphatic rings. The van der Waals surface area contributed by atoms with E-state index in [2.05, 4.69) is 20.4 Å². The summed E-state index contributed by atoms with van der Waals surface area (Å²) >= 11 is 0. The van der Waals surface area contributed by atoms with Crippen molar-refractivity contribution < 1.29 is 0 Å². The highest BCUT2D eigenvalue weighted by Gasteiger charge is 2.11. The third kappa shape index (κ3) is 1.98. The van der Waals surface area contributed by atoms with Crippen molar-refractivity contribution in [1.29, 1.82) is 0 Å². The molecule has 0 bridgehead atoms. The SMILES string of the molecule is Cc1nc(-c2cccc3cccnc23)nc(NN)c1C. The summed E-state index contributed by atoms with van der Waals surface area (Å²) in [6, 6.07) is 9.91.